The van der Waals surface area contributed by atoms with Crippen molar-refractivity contribution in [3.63, 3.8) is 0 Å². The molecule has 0 aliphatic carbocycles. The molecule has 8 heteroatoms. The highest BCUT2D eigenvalue weighted by molar-refractivity contribution is 5.93. The third-order valence-electron chi connectivity index (χ3n) is 3.99. The van der Waals surface area contributed by atoms with Crippen LogP contribution < -0.4 is 5.32 Å². The minimum atomic E-state index is -0.526. The number of carbonyl (C=O) groups is 1. The van der Waals surface area contributed by atoms with Gasteiger partial charge in [-0.3, -0.25) is 19.6 Å². The molecule has 1 unspecified atom stereocenters. The summed E-state index contributed by atoms with van der Waals surface area (Å²) in [4.78, 5) is 22.6. The van der Waals surface area contributed by atoms with E-state index in [0.717, 1.165) is 17.3 Å². The zero-order valence-corrected chi connectivity index (χ0v) is 14.7. The van der Waals surface area contributed by atoms with Crippen LogP contribution in [0.1, 0.15) is 37.8 Å². The lowest BCUT2D eigenvalue weighted by Crippen LogP contribution is -2.25. The number of phenols is 1. The van der Waals surface area contributed by atoms with Crippen LogP contribution in [0.5, 0.6) is 5.75 Å². The molecule has 0 saturated carbocycles. The Kier molecular flexibility index (Phi) is 5.41. The van der Waals surface area contributed by atoms with Gasteiger partial charge in [0.15, 0.2) is 0 Å². The molecule has 0 spiro atoms. The van der Waals surface area contributed by atoms with Crippen molar-refractivity contribution in [3.05, 3.63) is 45.8 Å². The maximum absolute atomic E-state index is 12.4. The molecule has 2 aromatic rings. The molecular weight excluding hydrogens is 324 g/mol. The van der Waals surface area contributed by atoms with Crippen LogP contribution in [0.25, 0.3) is 0 Å². The van der Waals surface area contributed by atoms with E-state index in [2.05, 4.69) is 10.4 Å². The molecule has 2 N–H and O–H groups in total. The van der Waals surface area contributed by atoms with E-state index in [1.165, 1.54) is 10.9 Å². The van der Waals surface area contributed by atoms with Crippen molar-refractivity contribution in [2.45, 2.75) is 40.2 Å². The van der Waals surface area contributed by atoms with Gasteiger partial charge in [-0.1, -0.05) is 20.8 Å². The molecule has 1 heterocycles. The van der Waals surface area contributed by atoms with Crippen LogP contribution in [0.2, 0.25) is 0 Å². The van der Waals surface area contributed by atoms with Gasteiger partial charge in [0.25, 0.3) is 0 Å². The Morgan fingerprint density at radius 3 is 2.64 bits per heavy atom. The van der Waals surface area contributed by atoms with Crippen LogP contribution in [0, 0.1) is 23.0 Å². The quantitative estimate of drug-likeness (QED) is 0.474. The number of rotatable bonds is 6. The molecule has 0 fully saturated rings. The van der Waals surface area contributed by atoms with Gasteiger partial charge in [-0.25, -0.2) is 0 Å². The van der Waals surface area contributed by atoms with Gasteiger partial charge in [-0.05, 0) is 36.1 Å². The monoisotopic (exact) mass is 346 g/mol. The van der Waals surface area contributed by atoms with Crippen LogP contribution in [0.3, 0.4) is 0 Å². The summed E-state index contributed by atoms with van der Waals surface area (Å²) in [7, 11) is 0. The summed E-state index contributed by atoms with van der Waals surface area (Å²) in [5, 5.41) is 27.4. The highest BCUT2D eigenvalue weighted by Gasteiger charge is 2.18. The van der Waals surface area contributed by atoms with Crippen LogP contribution in [0.4, 0.5) is 11.4 Å². The topological polar surface area (TPSA) is 110 Å². The van der Waals surface area contributed by atoms with Crippen molar-refractivity contribution in [2.75, 3.05) is 5.32 Å². The second-order valence-corrected chi connectivity index (χ2v) is 6.45. The summed E-state index contributed by atoms with van der Waals surface area (Å²) in [6, 6.07) is 3.41. The number of benzene rings is 1. The molecule has 0 radical (unpaired) electrons. The molecule has 134 valence electrons. The average Bonchev–Trinajstić information content (AvgIpc) is 2.98. The van der Waals surface area contributed by atoms with Gasteiger partial charge in [-0.15, -0.1) is 0 Å². The molecule has 1 atom stereocenters. The number of anilines is 1. The van der Waals surface area contributed by atoms with E-state index in [0.29, 0.717) is 5.69 Å². The first kappa shape index (κ1) is 18.4. The summed E-state index contributed by atoms with van der Waals surface area (Å²) in [5.41, 5.74) is 2.06. The molecule has 25 heavy (non-hydrogen) atoms. The number of nitrogens with one attached hydrogen (secondary N) is 1. The Morgan fingerprint density at radius 1 is 1.40 bits per heavy atom. The number of aromatic nitrogens is 2. The van der Waals surface area contributed by atoms with Crippen molar-refractivity contribution in [3.8, 4) is 5.75 Å². The number of hydrogen-bond acceptors (Lipinski definition) is 5. The lowest BCUT2D eigenvalue weighted by atomic mass is 9.99. The average molecular weight is 346 g/mol. The second kappa shape index (κ2) is 7.33. The summed E-state index contributed by atoms with van der Waals surface area (Å²) >= 11 is 0. The van der Waals surface area contributed by atoms with Crippen molar-refractivity contribution in [2.24, 2.45) is 5.92 Å². The number of aryl methyl sites for hydroxylation is 1. The molecule has 8 nitrogen and oxygen atoms in total. The van der Waals surface area contributed by atoms with Crippen molar-refractivity contribution >= 4 is 17.3 Å². The summed E-state index contributed by atoms with van der Waals surface area (Å²) in [5.74, 6) is -0.322. The Bertz CT molecular complexity index is 798. The molecule has 1 aromatic heterocycles. The number of amides is 1. The van der Waals surface area contributed by atoms with Gasteiger partial charge in [0, 0.05) is 5.69 Å². The highest BCUT2D eigenvalue weighted by atomic mass is 16.6. The fourth-order valence-electron chi connectivity index (χ4n) is 2.47. The fraction of sp³-hybridized carbons (Fsp3) is 0.412. The van der Waals surface area contributed by atoms with Gasteiger partial charge in [0.2, 0.25) is 5.91 Å². The largest absolute Gasteiger partial charge is 0.508 e. The lowest BCUT2D eigenvalue weighted by molar-refractivity contribution is -0.385. The van der Waals surface area contributed by atoms with Crippen molar-refractivity contribution < 1.29 is 14.8 Å². The van der Waals surface area contributed by atoms with Gasteiger partial charge < -0.3 is 10.4 Å². The van der Waals surface area contributed by atoms with E-state index in [1.54, 1.807) is 26.0 Å². The first-order valence-electron chi connectivity index (χ1n) is 8.00. The smallest absolute Gasteiger partial charge is 0.306 e. The van der Waals surface area contributed by atoms with Crippen LogP contribution in [0.15, 0.2) is 24.5 Å². The van der Waals surface area contributed by atoms with Crippen LogP contribution in [-0.2, 0) is 11.3 Å². The molecule has 2 rings (SSSR count). The Morgan fingerprint density at radius 2 is 2.08 bits per heavy atom. The number of carbonyl (C=O) groups excluding carboxylic acids is 1. The van der Waals surface area contributed by atoms with Crippen molar-refractivity contribution in [1.29, 1.82) is 0 Å². The normalized spacial score (nSPS) is 12.2. The Labute approximate surface area is 145 Å². The first-order chi connectivity index (χ1) is 11.7. The minimum absolute atomic E-state index is 0.108. The van der Waals surface area contributed by atoms with E-state index in [9.17, 15) is 20.0 Å². The van der Waals surface area contributed by atoms with E-state index in [1.807, 2.05) is 13.8 Å². The zero-order chi connectivity index (χ0) is 18.7. The number of nitrogens with zero attached hydrogens (tertiary/aromatic N) is 3. The van der Waals surface area contributed by atoms with Crippen molar-refractivity contribution in [1.82, 2.24) is 9.78 Å². The third kappa shape index (κ3) is 4.34. The fourth-order valence-corrected chi connectivity index (χ4v) is 2.47. The Balaban J connectivity index is 2.10. The first-order valence-corrected chi connectivity index (χ1v) is 8.00. The second-order valence-electron chi connectivity index (χ2n) is 6.45. The van der Waals surface area contributed by atoms with Crippen LogP contribution in [-0.4, -0.2) is 25.7 Å². The molecule has 0 aliphatic heterocycles. The Hall–Kier alpha value is -2.90. The predicted molar refractivity (Wildman–Crippen MR) is 93.6 cm³/mol. The molecule has 0 aliphatic rings. The SMILES string of the molecule is Cc1cc(O)c(C(C)C)cc1NC(=O)C(C)Cn1cc([N+](=O)[O-])cn1. The highest BCUT2D eigenvalue weighted by Crippen LogP contribution is 2.31. The van der Waals surface area contributed by atoms with E-state index in [4.69, 9.17) is 0 Å². The summed E-state index contributed by atoms with van der Waals surface area (Å²) < 4.78 is 1.38. The van der Waals surface area contributed by atoms with Crippen LogP contribution >= 0.6 is 0 Å². The standard InChI is InChI=1S/C17H22N4O4/c1-10(2)14-6-15(11(3)5-16(14)22)19-17(23)12(4)8-20-9-13(7-18-20)21(24)25/h5-7,9-10,12,22H,8H2,1-4H3,(H,19,23). The molecule has 0 bridgehead atoms. The third-order valence-corrected chi connectivity index (χ3v) is 3.99. The lowest BCUT2D eigenvalue weighted by Gasteiger charge is -2.17. The maximum atomic E-state index is 12.4. The van der Waals surface area contributed by atoms with Gasteiger partial charge in [0.05, 0.1) is 17.4 Å². The molecule has 1 amide bonds. The van der Waals surface area contributed by atoms with Gasteiger partial charge >= 0.3 is 5.69 Å². The summed E-state index contributed by atoms with van der Waals surface area (Å²) in [6.45, 7) is 7.68. The number of nitro groups is 1. The number of phenolic OH excluding ortho intramolecular Hbond substituents is 1. The van der Waals surface area contributed by atoms with E-state index < -0.39 is 10.8 Å². The molecule has 1 aromatic carbocycles. The van der Waals surface area contributed by atoms with Gasteiger partial charge in [-0.2, -0.15) is 5.10 Å². The number of hydrogen-bond donors (Lipinski definition) is 2. The predicted octanol–water partition coefficient (Wildman–Crippen LogP) is 3.20. The van der Waals surface area contributed by atoms with E-state index >= 15 is 0 Å². The zero-order valence-electron chi connectivity index (χ0n) is 14.7. The van der Waals surface area contributed by atoms with Gasteiger partial charge in [0.1, 0.15) is 18.1 Å². The van der Waals surface area contributed by atoms with E-state index in [-0.39, 0.29) is 29.8 Å². The number of aromatic hydroxyl groups is 1. The maximum Gasteiger partial charge on any atom is 0.306 e. The minimum Gasteiger partial charge on any atom is -0.508 e. The molecule has 0 saturated heterocycles. The summed E-state index contributed by atoms with van der Waals surface area (Å²) in [6.07, 6.45) is 2.45. The molecular formula is C17H22N4O4.